The highest BCUT2D eigenvalue weighted by atomic mass is 35.5. The topological polar surface area (TPSA) is 65.0 Å². The van der Waals surface area contributed by atoms with Gasteiger partial charge in [-0.1, -0.05) is 72.3 Å². The SMILES string of the molecule is COC(=O)[C@H]1C[C@]2(c3ccccc3)OC(=O)[C@@]1(c1ccccc1)N=C2Cl. The van der Waals surface area contributed by atoms with E-state index in [0.717, 1.165) is 0 Å². The van der Waals surface area contributed by atoms with E-state index in [0.29, 0.717) is 11.1 Å². The minimum atomic E-state index is -1.53. The molecule has 2 bridgehead atoms. The van der Waals surface area contributed by atoms with E-state index in [-0.39, 0.29) is 11.6 Å². The number of nitrogens with zero attached hydrogens (tertiary/aromatic N) is 1. The molecular formula is C20H16ClNO4. The van der Waals surface area contributed by atoms with Crippen LogP contribution in [0.3, 0.4) is 0 Å². The third kappa shape index (κ3) is 2.13. The number of hydrogen-bond acceptors (Lipinski definition) is 5. The molecule has 2 aromatic rings. The molecule has 3 aliphatic heterocycles. The van der Waals surface area contributed by atoms with Gasteiger partial charge in [-0.05, 0) is 5.56 Å². The second-order valence-electron chi connectivity index (χ2n) is 6.40. The minimum Gasteiger partial charge on any atom is -0.469 e. The van der Waals surface area contributed by atoms with Gasteiger partial charge in [0.15, 0.2) is 16.3 Å². The van der Waals surface area contributed by atoms with Crippen molar-refractivity contribution in [1.29, 1.82) is 0 Å². The molecule has 6 heteroatoms. The third-order valence-electron chi connectivity index (χ3n) is 5.12. The molecule has 0 spiro atoms. The number of ether oxygens (including phenoxy) is 2. The maximum Gasteiger partial charge on any atom is 0.340 e. The fraction of sp³-hybridized carbons (Fsp3) is 0.250. The highest BCUT2D eigenvalue weighted by Gasteiger charge is 2.67. The number of fused-ring (bicyclic) bond motifs is 2. The summed E-state index contributed by atoms with van der Waals surface area (Å²) in [5.74, 6) is -1.95. The van der Waals surface area contributed by atoms with Gasteiger partial charge in [-0.3, -0.25) is 4.79 Å². The minimum absolute atomic E-state index is 0.160. The van der Waals surface area contributed by atoms with E-state index in [4.69, 9.17) is 21.1 Å². The van der Waals surface area contributed by atoms with Gasteiger partial charge in [0, 0.05) is 12.0 Å². The molecule has 3 atom stereocenters. The van der Waals surface area contributed by atoms with Crippen LogP contribution in [0.5, 0.6) is 0 Å². The maximum absolute atomic E-state index is 13.1. The molecule has 2 aromatic carbocycles. The average molecular weight is 370 g/mol. The molecule has 0 amide bonds. The first-order valence-electron chi connectivity index (χ1n) is 8.23. The number of rotatable bonds is 3. The zero-order chi connectivity index (χ0) is 18.4. The van der Waals surface area contributed by atoms with Crippen molar-refractivity contribution in [3.05, 3.63) is 71.8 Å². The highest BCUT2D eigenvalue weighted by Crippen LogP contribution is 2.55. The van der Waals surface area contributed by atoms with Crippen LogP contribution in [0.15, 0.2) is 65.7 Å². The molecule has 5 nitrogen and oxygen atoms in total. The van der Waals surface area contributed by atoms with Gasteiger partial charge in [-0.15, -0.1) is 0 Å². The van der Waals surface area contributed by atoms with Crippen LogP contribution in [0.2, 0.25) is 0 Å². The molecule has 1 saturated heterocycles. The molecule has 3 aliphatic rings. The molecule has 132 valence electrons. The Balaban J connectivity index is 1.97. The summed E-state index contributed by atoms with van der Waals surface area (Å²) < 4.78 is 10.8. The smallest absolute Gasteiger partial charge is 0.340 e. The van der Waals surface area contributed by atoms with Gasteiger partial charge in [0.25, 0.3) is 0 Å². The number of halogens is 1. The Morgan fingerprint density at radius 3 is 2.27 bits per heavy atom. The van der Waals surface area contributed by atoms with E-state index in [1.807, 2.05) is 24.3 Å². The van der Waals surface area contributed by atoms with Crippen LogP contribution in [0.25, 0.3) is 0 Å². The fourth-order valence-electron chi connectivity index (χ4n) is 3.83. The fourth-order valence-corrected chi connectivity index (χ4v) is 4.18. The molecule has 3 heterocycles. The van der Waals surface area contributed by atoms with E-state index in [1.54, 1.807) is 36.4 Å². The molecule has 26 heavy (non-hydrogen) atoms. The Kier molecular flexibility index (Phi) is 3.84. The number of carbonyl (C=O) groups is 2. The lowest BCUT2D eigenvalue weighted by atomic mass is 9.66. The molecule has 0 radical (unpaired) electrons. The van der Waals surface area contributed by atoms with Crippen molar-refractivity contribution < 1.29 is 19.1 Å². The predicted octanol–water partition coefficient (Wildman–Crippen LogP) is 3.16. The van der Waals surface area contributed by atoms with E-state index in [2.05, 4.69) is 4.99 Å². The predicted molar refractivity (Wildman–Crippen MR) is 95.7 cm³/mol. The number of esters is 2. The molecule has 0 aromatic heterocycles. The quantitative estimate of drug-likeness (QED) is 0.779. The lowest BCUT2D eigenvalue weighted by Gasteiger charge is -2.51. The summed E-state index contributed by atoms with van der Waals surface area (Å²) in [7, 11) is 1.30. The summed E-state index contributed by atoms with van der Waals surface area (Å²) in [6.45, 7) is 0. The van der Waals surface area contributed by atoms with E-state index >= 15 is 0 Å². The molecule has 1 fully saturated rings. The van der Waals surface area contributed by atoms with Crippen molar-refractivity contribution >= 4 is 28.7 Å². The van der Waals surface area contributed by atoms with Gasteiger partial charge >= 0.3 is 11.9 Å². The Morgan fingerprint density at radius 1 is 1.12 bits per heavy atom. The summed E-state index contributed by atoms with van der Waals surface area (Å²) in [6.07, 6.45) is 0.173. The second-order valence-corrected chi connectivity index (χ2v) is 6.76. The maximum atomic E-state index is 13.1. The van der Waals surface area contributed by atoms with Crippen molar-refractivity contribution in [3.63, 3.8) is 0 Å². The second kappa shape index (κ2) is 5.95. The van der Waals surface area contributed by atoms with Crippen LogP contribution in [-0.4, -0.2) is 24.2 Å². The molecule has 0 aliphatic carbocycles. The van der Waals surface area contributed by atoms with Crippen molar-refractivity contribution in [3.8, 4) is 0 Å². The van der Waals surface area contributed by atoms with Gasteiger partial charge in [0.05, 0.1) is 7.11 Å². The lowest BCUT2D eigenvalue weighted by molar-refractivity contribution is -0.187. The first-order valence-corrected chi connectivity index (χ1v) is 8.60. The van der Waals surface area contributed by atoms with E-state index < -0.39 is 29.0 Å². The number of hydrogen-bond donors (Lipinski definition) is 0. The van der Waals surface area contributed by atoms with Crippen LogP contribution in [0.4, 0.5) is 0 Å². The van der Waals surface area contributed by atoms with Crippen LogP contribution >= 0.6 is 11.6 Å². The third-order valence-corrected chi connectivity index (χ3v) is 5.51. The first-order chi connectivity index (χ1) is 12.5. The zero-order valence-electron chi connectivity index (χ0n) is 14.0. The van der Waals surface area contributed by atoms with Crippen molar-refractivity contribution in [2.75, 3.05) is 7.11 Å². The monoisotopic (exact) mass is 369 g/mol. The largest absolute Gasteiger partial charge is 0.469 e. The molecule has 0 saturated carbocycles. The number of methoxy groups -OCH3 is 1. The number of benzene rings is 2. The Hall–Kier alpha value is -2.66. The zero-order valence-corrected chi connectivity index (χ0v) is 14.8. The number of aliphatic imine (C=N–C) groups is 1. The summed E-state index contributed by atoms with van der Waals surface area (Å²) in [6, 6.07) is 18.0. The van der Waals surface area contributed by atoms with Gasteiger partial charge < -0.3 is 9.47 Å². The van der Waals surface area contributed by atoms with Gasteiger partial charge in [0.1, 0.15) is 5.92 Å². The highest BCUT2D eigenvalue weighted by molar-refractivity contribution is 6.67. The van der Waals surface area contributed by atoms with Crippen molar-refractivity contribution in [1.82, 2.24) is 0 Å². The van der Waals surface area contributed by atoms with Crippen molar-refractivity contribution in [2.24, 2.45) is 10.9 Å². The summed E-state index contributed by atoms with van der Waals surface area (Å²) in [4.78, 5) is 30.3. The summed E-state index contributed by atoms with van der Waals surface area (Å²) in [5.41, 5.74) is -1.56. The molecule has 5 rings (SSSR count). The van der Waals surface area contributed by atoms with Crippen molar-refractivity contribution in [2.45, 2.75) is 17.6 Å². The lowest BCUT2D eigenvalue weighted by Crippen LogP contribution is -2.62. The van der Waals surface area contributed by atoms with Crippen LogP contribution in [0, 0.1) is 5.92 Å². The van der Waals surface area contributed by atoms with Gasteiger partial charge in [-0.2, -0.15) is 0 Å². The normalized spacial score (nSPS) is 29.7. The van der Waals surface area contributed by atoms with Gasteiger partial charge in [0.2, 0.25) is 0 Å². The molecular weight excluding hydrogens is 354 g/mol. The number of carbonyl (C=O) groups excluding carboxylic acids is 2. The summed E-state index contributed by atoms with van der Waals surface area (Å²) >= 11 is 6.54. The van der Waals surface area contributed by atoms with Gasteiger partial charge in [-0.25, -0.2) is 9.79 Å². The molecule has 0 unspecified atom stereocenters. The van der Waals surface area contributed by atoms with E-state index in [9.17, 15) is 9.59 Å². The Bertz CT molecular complexity index is 899. The van der Waals surface area contributed by atoms with Crippen LogP contribution in [0.1, 0.15) is 17.5 Å². The standard InChI is InChI=1S/C20H16ClNO4/c1-25-16(23)15-12-19(13-8-4-2-5-9-13)17(21)22-20(15,18(24)26-19)14-10-6-3-7-11-14/h2-11,15H,12H2,1H3/t15-,19-,20+/m1/s1. The first kappa shape index (κ1) is 16.8. The van der Waals surface area contributed by atoms with E-state index in [1.165, 1.54) is 7.11 Å². The molecule has 0 N–H and O–H groups in total. The average Bonchev–Trinajstić information content (AvgIpc) is 2.69. The van der Waals surface area contributed by atoms with Crippen LogP contribution < -0.4 is 0 Å². The Morgan fingerprint density at radius 2 is 1.69 bits per heavy atom. The Labute approximate surface area is 155 Å². The van der Waals surface area contributed by atoms with Crippen LogP contribution in [-0.2, 0) is 30.2 Å². The summed E-state index contributed by atoms with van der Waals surface area (Å²) in [5, 5.41) is 0.160.